The molecule has 1 aliphatic rings. The van der Waals surface area contributed by atoms with Crippen molar-refractivity contribution in [1.82, 2.24) is 9.88 Å². The van der Waals surface area contributed by atoms with Crippen LogP contribution in [0.1, 0.15) is 23.6 Å². The minimum atomic E-state index is 0.0941. The van der Waals surface area contributed by atoms with Crippen molar-refractivity contribution in [3.8, 4) is 16.8 Å². The monoisotopic (exact) mass is 596 g/mol. The number of allylic oxidation sites excluding steroid dienone is 7. The topological polar surface area (TPSA) is 69.0 Å². The van der Waals surface area contributed by atoms with Crippen molar-refractivity contribution in [2.75, 3.05) is 0 Å². The Bertz CT molecular complexity index is 2230. The lowest BCUT2D eigenvalue weighted by Gasteiger charge is -2.19. The molecular weight excluding hydrogens is 560 g/mol. The van der Waals surface area contributed by atoms with E-state index in [0.717, 1.165) is 23.2 Å². The molecule has 5 N–H and O–H groups in total. The third kappa shape index (κ3) is 5.42. The van der Waals surface area contributed by atoms with Gasteiger partial charge in [-0.25, -0.2) is 0 Å². The number of fused-ring (bicyclic) bond motifs is 5. The Balaban J connectivity index is 1.31. The fourth-order valence-corrected chi connectivity index (χ4v) is 6.35. The Morgan fingerprint density at radius 1 is 0.826 bits per heavy atom. The largest absolute Gasteiger partial charge is 0.405 e. The van der Waals surface area contributed by atoms with Crippen LogP contribution in [0, 0.1) is 0 Å². The quantitative estimate of drug-likeness (QED) is 0.153. The van der Waals surface area contributed by atoms with Gasteiger partial charge in [0.15, 0.2) is 0 Å². The van der Waals surface area contributed by atoms with Gasteiger partial charge in [-0.15, -0.1) is 0 Å². The summed E-state index contributed by atoms with van der Waals surface area (Å²) in [5.41, 5.74) is 21.6. The predicted octanol–water partition coefficient (Wildman–Crippen LogP) is 9.59. The van der Waals surface area contributed by atoms with E-state index in [0.29, 0.717) is 5.70 Å². The van der Waals surface area contributed by atoms with Gasteiger partial charge in [-0.2, -0.15) is 0 Å². The summed E-state index contributed by atoms with van der Waals surface area (Å²) in [5.74, 6) is 0. The van der Waals surface area contributed by atoms with Crippen molar-refractivity contribution in [1.29, 1.82) is 0 Å². The minimum Gasteiger partial charge on any atom is -0.405 e. The molecule has 0 spiro atoms. The zero-order valence-electron chi connectivity index (χ0n) is 25.6. The Labute approximate surface area is 269 Å². The van der Waals surface area contributed by atoms with Crippen LogP contribution in [0.2, 0.25) is 0 Å². The van der Waals surface area contributed by atoms with Crippen molar-refractivity contribution in [2.45, 2.75) is 12.5 Å². The summed E-state index contributed by atoms with van der Waals surface area (Å²) in [6.45, 7) is 3.75. The molecule has 7 rings (SSSR count). The first-order valence-electron chi connectivity index (χ1n) is 15.6. The van der Waals surface area contributed by atoms with Crippen molar-refractivity contribution in [2.24, 2.45) is 11.5 Å². The normalized spacial score (nSPS) is 15.3. The molecule has 0 aliphatic carbocycles. The van der Waals surface area contributed by atoms with Crippen LogP contribution in [0.25, 0.3) is 55.1 Å². The maximum Gasteiger partial charge on any atom is 0.0696 e. The Kier molecular flexibility index (Phi) is 7.84. The minimum absolute atomic E-state index is 0.0941. The predicted molar refractivity (Wildman–Crippen MR) is 196 cm³/mol. The second kappa shape index (κ2) is 12.5. The van der Waals surface area contributed by atoms with Crippen molar-refractivity contribution in [3.05, 3.63) is 181 Å². The molecule has 1 unspecified atom stereocenters. The smallest absolute Gasteiger partial charge is 0.0696 e. The molecule has 5 aromatic carbocycles. The van der Waals surface area contributed by atoms with Gasteiger partial charge in [-0.1, -0.05) is 116 Å². The summed E-state index contributed by atoms with van der Waals surface area (Å²) < 4.78 is 2.42. The van der Waals surface area contributed by atoms with Gasteiger partial charge in [0, 0.05) is 33.7 Å². The van der Waals surface area contributed by atoms with Crippen molar-refractivity contribution >= 4 is 38.3 Å². The van der Waals surface area contributed by atoms with E-state index in [1.54, 1.807) is 12.3 Å². The highest BCUT2D eigenvalue weighted by atomic mass is 15.0. The fraction of sp³-hybridized carbons (Fsp3) is 0.0476. The standard InChI is InChI=1S/C42H36N4/c1-2-9-39(44)31-16-14-30(15-17-31)32-18-21-36-33(26-32)19-23-38-37-22-20-34(40-24-13-29(28-45-40)10-5-4-8-25-43)27-41(37)46(42(36)38)35-11-6-3-7-12-35/h2-9,11-28,40,45H,1,10,43-44H2/b5-4-,25-8-,39-9-. The molecule has 4 heteroatoms. The number of nitrogens with one attached hydrogen (secondary N) is 1. The molecule has 46 heavy (non-hydrogen) atoms. The third-order valence-electron chi connectivity index (χ3n) is 8.65. The summed E-state index contributed by atoms with van der Waals surface area (Å²) in [6.07, 6.45) is 18.4. The van der Waals surface area contributed by atoms with Crippen LogP contribution in [0.4, 0.5) is 0 Å². The number of nitrogens with zero attached hydrogens (tertiary/aromatic N) is 1. The molecule has 0 saturated heterocycles. The van der Waals surface area contributed by atoms with Crippen LogP contribution < -0.4 is 16.8 Å². The molecular formula is C42H36N4. The molecule has 224 valence electrons. The summed E-state index contributed by atoms with van der Waals surface area (Å²) >= 11 is 0. The Morgan fingerprint density at radius 2 is 1.61 bits per heavy atom. The van der Waals surface area contributed by atoms with Crippen LogP contribution in [-0.2, 0) is 0 Å². The van der Waals surface area contributed by atoms with Crippen LogP contribution in [0.15, 0.2) is 170 Å². The maximum absolute atomic E-state index is 6.17. The van der Waals surface area contributed by atoms with E-state index >= 15 is 0 Å². The third-order valence-corrected chi connectivity index (χ3v) is 8.65. The van der Waals surface area contributed by atoms with E-state index in [1.807, 2.05) is 18.2 Å². The number of aromatic nitrogens is 1. The lowest BCUT2D eigenvalue weighted by Crippen LogP contribution is -2.16. The van der Waals surface area contributed by atoms with Gasteiger partial charge in [0.25, 0.3) is 0 Å². The zero-order valence-corrected chi connectivity index (χ0v) is 25.6. The number of hydrogen-bond donors (Lipinski definition) is 3. The number of dihydropyridines is 1. The molecule has 1 aromatic heterocycles. The van der Waals surface area contributed by atoms with Crippen LogP contribution in [0.3, 0.4) is 0 Å². The second-order valence-electron chi connectivity index (χ2n) is 11.5. The summed E-state index contributed by atoms with van der Waals surface area (Å²) in [5, 5.41) is 8.50. The van der Waals surface area contributed by atoms with E-state index < -0.39 is 0 Å². The van der Waals surface area contributed by atoms with E-state index in [9.17, 15) is 0 Å². The van der Waals surface area contributed by atoms with Crippen LogP contribution in [0.5, 0.6) is 0 Å². The SMILES string of the molecule is C=C/C=C(\N)c1ccc(-c2ccc3c(ccc4c5ccc(C6C=CC(C/C=C\C=C/N)=CN6)cc5n(-c5ccccc5)c34)c2)cc1. The second-order valence-corrected chi connectivity index (χ2v) is 11.5. The van der Waals surface area contributed by atoms with Gasteiger partial charge >= 0.3 is 0 Å². The average molecular weight is 597 g/mol. The van der Waals surface area contributed by atoms with Crippen LogP contribution >= 0.6 is 0 Å². The van der Waals surface area contributed by atoms with E-state index in [2.05, 4.69) is 144 Å². The van der Waals surface area contributed by atoms with Gasteiger partial charge in [0.2, 0.25) is 0 Å². The molecule has 0 amide bonds. The first kappa shape index (κ1) is 28.8. The number of nitrogens with two attached hydrogens (primary N) is 2. The number of rotatable bonds is 8. The van der Waals surface area contributed by atoms with E-state index in [4.69, 9.17) is 11.5 Å². The van der Waals surface area contributed by atoms with Crippen molar-refractivity contribution < 1.29 is 0 Å². The molecule has 0 fully saturated rings. The molecule has 0 bridgehead atoms. The highest BCUT2D eigenvalue weighted by Gasteiger charge is 2.18. The molecule has 0 radical (unpaired) electrons. The lowest BCUT2D eigenvalue weighted by molar-refractivity contribution is 0.737. The van der Waals surface area contributed by atoms with Gasteiger partial charge in [0.1, 0.15) is 0 Å². The highest BCUT2D eigenvalue weighted by molar-refractivity contribution is 6.19. The molecule has 4 nitrogen and oxygen atoms in total. The maximum atomic E-state index is 6.17. The van der Waals surface area contributed by atoms with Gasteiger partial charge in [0.05, 0.1) is 17.1 Å². The fourth-order valence-electron chi connectivity index (χ4n) is 6.35. The van der Waals surface area contributed by atoms with Crippen LogP contribution in [-0.4, -0.2) is 4.57 Å². The Hall–Kier alpha value is -6.00. The molecule has 2 heterocycles. The first-order valence-corrected chi connectivity index (χ1v) is 15.6. The van der Waals surface area contributed by atoms with Gasteiger partial charge in [-0.3, -0.25) is 0 Å². The summed E-state index contributed by atoms with van der Waals surface area (Å²) in [7, 11) is 0. The first-order chi connectivity index (χ1) is 22.6. The summed E-state index contributed by atoms with van der Waals surface area (Å²) in [4.78, 5) is 0. The number of hydrogen-bond acceptors (Lipinski definition) is 3. The lowest BCUT2D eigenvalue weighted by atomic mass is 9.98. The van der Waals surface area contributed by atoms with E-state index in [-0.39, 0.29) is 6.04 Å². The Morgan fingerprint density at radius 3 is 2.37 bits per heavy atom. The van der Waals surface area contributed by atoms with Gasteiger partial charge < -0.3 is 21.4 Å². The molecule has 1 atom stereocenters. The number of para-hydroxylation sites is 1. The molecule has 0 saturated carbocycles. The molecule has 1 aliphatic heterocycles. The number of benzene rings is 5. The van der Waals surface area contributed by atoms with E-state index in [1.165, 1.54) is 49.3 Å². The van der Waals surface area contributed by atoms with Gasteiger partial charge in [-0.05, 0) is 82.3 Å². The van der Waals surface area contributed by atoms with Crippen molar-refractivity contribution in [3.63, 3.8) is 0 Å². The zero-order chi connectivity index (χ0) is 31.5. The molecule has 6 aromatic rings. The average Bonchev–Trinajstić information content (AvgIpc) is 3.45. The highest BCUT2D eigenvalue weighted by Crippen LogP contribution is 2.39. The summed E-state index contributed by atoms with van der Waals surface area (Å²) in [6, 6.07) is 37.3.